The Labute approximate surface area is 261 Å². The van der Waals surface area contributed by atoms with Gasteiger partial charge in [0.1, 0.15) is 23.7 Å². The van der Waals surface area contributed by atoms with Crippen LogP contribution in [0.2, 0.25) is 0 Å². The van der Waals surface area contributed by atoms with Crippen molar-refractivity contribution < 1.29 is 18.3 Å². The molecule has 1 aliphatic carbocycles. The number of anilines is 1. The van der Waals surface area contributed by atoms with E-state index in [0.29, 0.717) is 23.9 Å². The molecule has 4 aromatic carbocycles. The third kappa shape index (κ3) is 7.63. The van der Waals surface area contributed by atoms with Gasteiger partial charge in [-0.1, -0.05) is 66.7 Å². The van der Waals surface area contributed by atoms with Crippen molar-refractivity contribution in [2.45, 2.75) is 38.5 Å². The minimum Gasteiger partial charge on any atom is -0.489 e. The summed E-state index contributed by atoms with van der Waals surface area (Å²) in [5.41, 5.74) is 10.2. The van der Waals surface area contributed by atoms with Crippen LogP contribution in [0.1, 0.15) is 63.7 Å². The molecule has 0 bridgehead atoms. The fourth-order valence-electron chi connectivity index (χ4n) is 5.23. The highest BCUT2D eigenvalue weighted by molar-refractivity contribution is 6.03. The number of amides is 1. The molecule has 5 aromatic rings. The molecule has 0 radical (unpaired) electrons. The zero-order chi connectivity index (χ0) is 31.2. The first-order valence-corrected chi connectivity index (χ1v) is 15.1. The maximum absolute atomic E-state index is 13.7. The number of hydrogen-bond donors (Lipinski definition) is 3. The molecule has 1 amide bonds. The summed E-state index contributed by atoms with van der Waals surface area (Å²) in [7, 11) is 0. The number of halogens is 2. The van der Waals surface area contributed by atoms with E-state index in [4.69, 9.17) is 10.5 Å². The number of rotatable bonds is 13. The van der Waals surface area contributed by atoms with E-state index in [1.165, 1.54) is 17.5 Å². The minimum atomic E-state index is -2.83. The van der Waals surface area contributed by atoms with Gasteiger partial charge in [-0.15, -0.1) is 0 Å². The van der Waals surface area contributed by atoms with Crippen molar-refractivity contribution >= 4 is 11.6 Å². The summed E-state index contributed by atoms with van der Waals surface area (Å²) in [6.45, 7) is 1.60. The van der Waals surface area contributed by atoms with E-state index < -0.39 is 18.0 Å². The highest BCUT2D eigenvalue weighted by Crippen LogP contribution is 2.32. The Morgan fingerprint density at radius 1 is 0.889 bits per heavy atom. The first-order chi connectivity index (χ1) is 22.0. The highest BCUT2D eigenvalue weighted by Gasteiger charge is 2.25. The lowest BCUT2D eigenvalue weighted by atomic mass is 9.97. The first kappa shape index (κ1) is 30.2. The van der Waals surface area contributed by atoms with Crippen molar-refractivity contribution in [3.05, 3.63) is 143 Å². The van der Waals surface area contributed by atoms with Gasteiger partial charge in [0, 0.05) is 12.2 Å². The average molecular weight is 608 g/mol. The molecule has 45 heavy (non-hydrogen) atoms. The fourth-order valence-corrected chi connectivity index (χ4v) is 5.23. The number of nitrogens with zero attached hydrogens (tertiary/aromatic N) is 2. The van der Waals surface area contributed by atoms with E-state index in [9.17, 15) is 13.6 Å². The van der Waals surface area contributed by atoms with Crippen molar-refractivity contribution in [2.24, 2.45) is 11.7 Å². The van der Waals surface area contributed by atoms with Gasteiger partial charge in [0.05, 0.1) is 11.7 Å². The molecule has 0 saturated heterocycles. The number of alkyl halides is 2. The van der Waals surface area contributed by atoms with Crippen LogP contribution < -0.4 is 21.1 Å². The fraction of sp³-hybridized carbons (Fsp3) is 0.222. The van der Waals surface area contributed by atoms with Gasteiger partial charge in [-0.05, 0) is 90.0 Å². The Morgan fingerprint density at radius 3 is 2.38 bits per heavy atom. The number of nitrogens with two attached hydrogens (primary N) is 1. The Bertz CT molecular complexity index is 1750. The van der Waals surface area contributed by atoms with E-state index in [1.54, 1.807) is 24.3 Å². The lowest BCUT2D eigenvalue weighted by Crippen LogP contribution is -2.25. The number of benzene rings is 4. The normalized spacial score (nSPS) is 13.5. The van der Waals surface area contributed by atoms with Crippen molar-refractivity contribution in [2.75, 3.05) is 11.9 Å². The summed E-state index contributed by atoms with van der Waals surface area (Å²) in [4.78, 5) is 13.5. The van der Waals surface area contributed by atoms with E-state index in [1.807, 2.05) is 72.8 Å². The lowest BCUT2D eigenvalue weighted by Gasteiger charge is -2.21. The second-order valence-corrected chi connectivity index (χ2v) is 11.3. The largest absolute Gasteiger partial charge is 0.489 e. The first-order valence-electron chi connectivity index (χ1n) is 15.1. The van der Waals surface area contributed by atoms with E-state index in [-0.39, 0.29) is 18.3 Å². The summed E-state index contributed by atoms with van der Waals surface area (Å²) in [6.07, 6.45) is -0.415. The van der Waals surface area contributed by atoms with Crippen LogP contribution in [-0.2, 0) is 13.2 Å². The Morgan fingerprint density at radius 2 is 1.62 bits per heavy atom. The molecule has 1 unspecified atom stereocenters. The quantitative estimate of drug-likeness (QED) is 0.132. The van der Waals surface area contributed by atoms with Crippen LogP contribution in [0, 0.1) is 5.92 Å². The van der Waals surface area contributed by atoms with Crippen molar-refractivity contribution in [3.8, 4) is 11.4 Å². The predicted octanol–water partition coefficient (Wildman–Crippen LogP) is 7.19. The molecule has 4 N–H and O–H groups in total. The molecule has 1 aromatic heterocycles. The predicted molar refractivity (Wildman–Crippen MR) is 171 cm³/mol. The second-order valence-electron chi connectivity index (χ2n) is 11.3. The van der Waals surface area contributed by atoms with Gasteiger partial charge in [0.2, 0.25) is 0 Å². The van der Waals surface area contributed by atoms with Crippen LogP contribution in [0.4, 0.5) is 14.5 Å². The molecule has 6 rings (SSSR count). The third-order valence-electron chi connectivity index (χ3n) is 7.80. The standard InChI is InChI=1S/C36H35F2N5O2/c37-35(38)32-20-33(43(42-32)30-13-4-9-26(17-30)21-39)36(44)41-29-12-5-10-27(18-29)34(40-22-24-15-16-24)28-11-6-14-31(19-28)45-23-25-7-2-1-3-8-25/h1-14,17-20,24,34-35,40H,15-16,21-23,39H2,(H,41,44). The number of ether oxygens (including phenoxy) is 1. The molecule has 230 valence electrons. The molecule has 7 nitrogen and oxygen atoms in total. The monoisotopic (exact) mass is 607 g/mol. The minimum absolute atomic E-state index is 0.00320. The number of hydrogen-bond acceptors (Lipinski definition) is 5. The topological polar surface area (TPSA) is 94.2 Å². The van der Waals surface area contributed by atoms with Gasteiger partial charge >= 0.3 is 0 Å². The molecular weight excluding hydrogens is 572 g/mol. The van der Waals surface area contributed by atoms with Gasteiger partial charge in [-0.3, -0.25) is 4.79 Å². The molecule has 1 fully saturated rings. The molecule has 1 aliphatic rings. The van der Waals surface area contributed by atoms with Gasteiger partial charge in [0.25, 0.3) is 12.3 Å². The molecule has 0 spiro atoms. The summed E-state index contributed by atoms with van der Waals surface area (Å²) in [5, 5.41) is 10.6. The zero-order valence-corrected chi connectivity index (χ0v) is 24.7. The van der Waals surface area contributed by atoms with Crippen LogP contribution in [-0.4, -0.2) is 22.2 Å². The highest BCUT2D eigenvalue weighted by atomic mass is 19.3. The van der Waals surface area contributed by atoms with Crippen LogP contribution in [0.3, 0.4) is 0 Å². The average Bonchev–Trinajstić information content (AvgIpc) is 3.78. The van der Waals surface area contributed by atoms with Crippen LogP contribution in [0.15, 0.2) is 109 Å². The van der Waals surface area contributed by atoms with E-state index in [0.717, 1.165) is 40.6 Å². The molecule has 1 atom stereocenters. The maximum atomic E-state index is 13.7. The molecule has 1 saturated carbocycles. The van der Waals surface area contributed by atoms with Gasteiger partial charge in [-0.2, -0.15) is 5.10 Å². The maximum Gasteiger partial charge on any atom is 0.282 e. The molecule has 9 heteroatoms. The smallest absolute Gasteiger partial charge is 0.282 e. The van der Waals surface area contributed by atoms with Gasteiger partial charge in [-0.25, -0.2) is 13.5 Å². The lowest BCUT2D eigenvalue weighted by molar-refractivity contribution is 0.101. The molecule has 0 aliphatic heterocycles. The summed E-state index contributed by atoms with van der Waals surface area (Å²) in [5.74, 6) is 0.860. The second kappa shape index (κ2) is 13.8. The number of nitrogens with one attached hydrogen (secondary N) is 2. The molecule has 1 heterocycles. The zero-order valence-electron chi connectivity index (χ0n) is 24.7. The SMILES string of the molecule is NCc1cccc(-n2nc(C(F)F)cc2C(=O)Nc2cccc(C(NCC3CC3)c3cccc(OCc4ccccc4)c3)c2)c1. The van der Waals surface area contributed by atoms with Crippen molar-refractivity contribution in [1.82, 2.24) is 15.1 Å². The number of aromatic nitrogens is 2. The van der Waals surface area contributed by atoms with Crippen molar-refractivity contribution in [3.63, 3.8) is 0 Å². The third-order valence-corrected chi connectivity index (χ3v) is 7.80. The number of carbonyl (C=O) groups excluding carboxylic acids is 1. The van der Waals surface area contributed by atoms with E-state index >= 15 is 0 Å². The Balaban J connectivity index is 1.25. The van der Waals surface area contributed by atoms with Crippen LogP contribution in [0.25, 0.3) is 5.69 Å². The Kier molecular flexibility index (Phi) is 9.28. The van der Waals surface area contributed by atoms with Gasteiger partial charge in [0.15, 0.2) is 0 Å². The van der Waals surface area contributed by atoms with E-state index in [2.05, 4.69) is 21.8 Å². The number of carbonyl (C=O) groups is 1. The van der Waals surface area contributed by atoms with Crippen molar-refractivity contribution in [1.29, 1.82) is 0 Å². The van der Waals surface area contributed by atoms with Gasteiger partial charge < -0.3 is 21.1 Å². The molecular formula is C36H35F2N5O2. The summed E-state index contributed by atoms with van der Waals surface area (Å²) < 4.78 is 34.7. The summed E-state index contributed by atoms with van der Waals surface area (Å²) in [6, 6.07) is 33.6. The summed E-state index contributed by atoms with van der Waals surface area (Å²) >= 11 is 0. The van der Waals surface area contributed by atoms with Crippen LogP contribution in [0.5, 0.6) is 5.75 Å². The van der Waals surface area contributed by atoms with Crippen LogP contribution >= 0.6 is 0 Å². The Hall–Kier alpha value is -4.86.